The number of rotatable bonds is 5. The van der Waals surface area contributed by atoms with E-state index in [1.807, 2.05) is 6.92 Å². The van der Waals surface area contributed by atoms with Gasteiger partial charge in [-0.05, 0) is 34.1 Å². The number of ether oxygens (including phenoxy) is 1. The van der Waals surface area contributed by atoms with Gasteiger partial charge in [-0.1, -0.05) is 19.8 Å². The number of esters is 1. The zero-order valence-corrected chi connectivity index (χ0v) is 11.2. The average molecular weight is 234 g/mol. The Morgan fingerprint density at radius 2 is 1.69 bits per heavy atom. The normalized spacial score (nSPS) is 10.4. The lowest BCUT2D eigenvalue weighted by molar-refractivity contribution is -0.306. The molecular weight excluding hydrogens is 208 g/mol. The van der Waals surface area contributed by atoms with Crippen LogP contribution >= 0.6 is 0 Å². The van der Waals surface area contributed by atoms with Crippen LogP contribution in [0.15, 0.2) is 0 Å². The van der Waals surface area contributed by atoms with Crippen molar-refractivity contribution in [2.45, 2.75) is 65.9 Å². The fourth-order valence-electron chi connectivity index (χ4n) is 0.752. The average Bonchev–Trinajstić information content (AvgIpc) is 2.18. The van der Waals surface area contributed by atoms with Crippen LogP contribution in [0.5, 0.6) is 0 Å². The van der Waals surface area contributed by atoms with E-state index in [-0.39, 0.29) is 5.97 Å². The number of carbonyl (C=O) groups is 1. The lowest BCUT2D eigenvalue weighted by atomic mass is 10.2. The maximum atomic E-state index is 10.7. The molecule has 0 amide bonds. The first kappa shape index (κ1) is 17.8. The van der Waals surface area contributed by atoms with Crippen LogP contribution in [-0.2, 0) is 14.4 Å². The lowest BCUT2D eigenvalue weighted by Gasteiger charge is -2.10. The van der Waals surface area contributed by atoms with Crippen molar-refractivity contribution < 1.29 is 19.7 Å². The van der Waals surface area contributed by atoms with Gasteiger partial charge in [0.1, 0.15) is 0 Å². The fraction of sp³-hybridized carbons (Fsp3) is 0.917. The Labute approximate surface area is 98.9 Å². The van der Waals surface area contributed by atoms with Crippen molar-refractivity contribution in [2.75, 3.05) is 6.61 Å². The van der Waals surface area contributed by atoms with Gasteiger partial charge in [-0.2, -0.15) is 0 Å². The summed E-state index contributed by atoms with van der Waals surface area (Å²) < 4.78 is 4.75. The molecule has 0 aromatic rings. The fourth-order valence-corrected chi connectivity index (χ4v) is 0.752. The summed E-state index contributed by atoms with van der Waals surface area (Å²) in [5.41, 5.74) is -0.403. The van der Waals surface area contributed by atoms with Crippen molar-refractivity contribution in [3.63, 3.8) is 0 Å². The number of unbranched alkanes of at least 4 members (excludes halogenated alkanes) is 2. The second-order valence-electron chi connectivity index (χ2n) is 4.47. The van der Waals surface area contributed by atoms with Crippen LogP contribution in [0.25, 0.3) is 0 Å². The van der Waals surface area contributed by atoms with E-state index in [1.165, 1.54) is 0 Å². The Bertz CT molecular complexity index is 161. The molecule has 0 atom stereocenters. The van der Waals surface area contributed by atoms with Gasteiger partial charge in [0.25, 0.3) is 0 Å². The molecule has 1 N–H and O–H groups in total. The summed E-state index contributed by atoms with van der Waals surface area (Å²) in [5, 5.41) is 7.90. The molecule has 0 saturated carbocycles. The molecule has 0 bridgehead atoms. The van der Waals surface area contributed by atoms with Crippen molar-refractivity contribution in [3.8, 4) is 0 Å². The molecule has 0 aromatic carbocycles. The summed E-state index contributed by atoms with van der Waals surface area (Å²) >= 11 is 0. The molecule has 4 nitrogen and oxygen atoms in total. The summed E-state index contributed by atoms with van der Waals surface area (Å²) in [6.07, 6.45) is 3.83. The first-order valence-corrected chi connectivity index (χ1v) is 5.85. The zero-order valence-electron chi connectivity index (χ0n) is 11.2. The molecule has 0 aliphatic carbocycles. The Morgan fingerprint density at radius 3 is 2.00 bits per heavy atom. The van der Waals surface area contributed by atoms with Crippen molar-refractivity contribution in [1.29, 1.82) is 0 Å². The minimum atomic E-state index is -0.403. The van der Waals surface area contributed by atoms with E-state index < -0.39 is 5.60 Å². The third-order valence-corrected chi connectivity index (χ3v) is 1.56. The van der Waals surface area contributed by atoms with E-state index in [2.05, 4.69) is 11.8 Å². The van der Waals surface area contributed by atoms with Gasteiger partial charge in [0, 0.05) is 6.42 Å². The molecular formula is C12H26O4. The SMILES string of the molecule is CC(C)(C)OO.CCCCCC(=O)OCC. The lowest BCUT2D eigenvalue weighted by Crippen LogP contribution is -2.15. The highest BCUT2D eigenvalue weighted by molar-refractivity contribution is 5.69. The van der Waals surface area contributed by atoms with Crippen LogP contribution in [0.1, 0.15) is 60.3 Å². The van der Waals surface area contributed by atoms with E-state index in [1.54, 1.807) is 20.8 Å². The molecule has 0 aliphatic heterocycles. The Kier molecular flexibility index (Phi) is 12.1. The molecule has 0 rings (SSSR count). The number of hydrogen-bond acceptors (Lipinski definition) is 4. The molecule has 98 valence electrons. The van der Waals surface area contributed by atoms with Gasteiger partial charge in [0.2, 0.25) is 0 Å². The molecule has 16 heavy (non-hydrogen) atoms. The molecule has 0 heterocycles. The largest absolute Gasteiger partial charge is 0.466 e. The van der Waals surface area contributed by atoms with Crippen LogP contribution in [0, 0.1) is 0 Å². The third-order valence-electron chi connectivity index (χ3n) is 1.56. The third kappa shape index (κ3) is 19.0. The summed E-state index contributed by atoms with van der Waals surface area (Å²) in [5.74, 6) is -0.0593. The topological polar surface area (TPSA) is 55.8 Å². The molecule has 4 heteroatoms. The Morgan fingerprint density at radius 1 is 1.19 bits per heavy atom. The molecule has 0 radical (unpaired) electrons. The van der Waals surface area contributed by atoms with Gasteiger partial charge >= 0.3 is 5.97 Å². The summed E-state index contributed by atoms with van der Waals surface area (Å²) in [6.45, 7) is 9.76. The van der Waals surface area contributed by atoms with Crippen LogP contribution in [0.4, 0.5) is 0 Å². The van der Waals surface area contributed by atoms with E-state index in [9.17, 15) is 4.79 Å². The van der Waals surface area contributed by atoms with Crippen LogP contribution in [-0.4, -0.2) is 23.4 Å². The van der Waals surface area contributed by atoms with E-state index in [0.717, 1.165) is 19.3 Å². The second-order valence-corrected chi connectivity index (χ2v) is 4.47. The van der Waals surface area contributed by atoms with Gasteiger partial charge in [0.05, 0.1) is 12.2 Å². The zero-order chi connectivity index (χ0) is 13.0. The van der Waals surface area contributed by atoms with Crippen molar-refractivity contribution in [1.82, 2.24) is 0 Å². The summed E-state index contributed by atoms with van der Waals surface area (Å²) in [6, 6.07) is 0. The molecule has 0 aromatic heterocycles. The standard InChI is InChI=1S/C8H16O2.C4H10O2/c1-3-5-6-7-8(9)10-4-2;1-4(2,3)6-5/h3-7H2,1-2H3;5H,1-3H3. The Balaban J connectivity index is 0. The summed E-state index contributed by atoms with van der Waals surface area (Å²) in [7, 11) is 0. The van der Waals surface area contributed by atoms with Gasteiger partial charge in [-0.3, -0.25) is 10.1 Å². The predicted octanol–water partition coefficient (Wildman–Crippen LogP) is 3.40. The van der Waals surface area contributed by atoms with Crippen molar-refractivity contribution >= 4 is 5.97 Å². The molecule has 0 unspecified atom stereocenters. The van der Waals surface area contributed by atoms with Gasteiger partial charge in [0.15, 0.2) is 0 Å². The summed E-state index contributed by atoms with van der Waals surface area (Å²) in [4.78, 5) is 14.6. The van der Waals surface area contributed by atoms with Crippen LogP contribution in [0.3, 0.4) is 0 Å². The van der Waals surface area contributed by atoms with Gasteiger partial charge < -0.3 is 4.74 Å². The molecule has 0 saturated heterocycles. The predicted molar refractivity (Wildman–Crippen MR) is 64.2 cm³/mol. The van der Waals surface area contributed by atoms with Crippen molar-refractivity contribution in [2.24, 2.45) is 0 Å². The van der Waals surface area contributed by atoms with Crippen LogP contribution in [0.2, 0.25) is 0 Å². The molecule has 0 fully saturated rings. The van der Waals surface area contributed by atoms with Gasteiger partial charge in [-0.15, -0.1) is 0 Å². The maximum Gasteiger partial charge on any atom is 0.305 e. The van der Waals surface area contributed by atoms with E-state index in [0.29, 0.717) is 13.0 Å². The monoisotopic (exact) mass is 234 g/mol. The van der Waals surface area contributed by atoms with Crippen LogP contribution < -0.4 is 0 Å². The minimum Gasteiger partial charge on any atom is -0.466 e. The highest BCUT2D eigenvalue weighted by Crippen LogP contribution is 2.01. The maximum absolute atomic E-state index is 10.7. The van der Waals surface area contributed by atoms with Crippen molar-refractivity contribution in [3.05, 3.63) is 0 Å². The smallest absolute Gasteiger partial charge is 0.305 e. The highest BCUT2D eigenvalue weighted by Gasteiger charge is 2.07. The van der Waals surface area contributed by atoms with E-state index in [4.69, 9.17) is 9.99 Å². The van der Waals surface area contributed by atoms with Gasteiger partial charge in [-0.25, -0.2) is 4.89 Å². The first-order valence-electron chi connectivity index (χ1n) is 5.85. The number of carbonyl (C=O) groups excluding carboxylic acids is 1. The Hall–Kier alpha value is -0.610. The highest BCUT2D eigenvalue weighted by atomic mass is 17.1. The molecule has 0 spiro atoms. The first-order chi connectivity index (χ1) is 7.37. The molecule has 0 aliphatic rings. The quantitative estimate of drug-likeness (QED) is 0.343. The minimum absolute atomic E-state index is 0.0593. The van der Waals surface area contributed by atoms with E-state index >= 15 is 0 Å². The number of hydrogen-bond donors (Lipinski definition) is 1. The second kappa shape index (κ2) is 10.9.